The maximum absolute atomic E-state index is 12.9. The van der Waals surface area contributed by atoms with Gasteiger partial charge in [-0.1, -0.05) is 25.4 Å². The molecule has 8 heteroatoms. The summed E-state index contributed by atoms with van der Waals surface area (Å²) in [6, 6.07) is 16.3. The molecule has 0 radical (unpaired) electrons. The Morgan fingerprint density at radius 3 is 2.11 bits per heavy atom. The van der Waals surface area contributed by atoms with Gasteiger partial charge in [0.2, 0.25) is 0 Å². The molecule has 3 aromatic carbocycles. The summed E-state index contributed by atoms with van der Waals surface area (Å²) < 4.78 is 32.5. The summed E-state index contributed by atoms with van der Waals surface area (Å²) >= 11 is 5.87. The zero-order chi connectivity index (χ0) is 25.9. The molecule has 186 valence electrons. The molecule has 0 heterocycles. The zero-order valence-corrected chi connectivity index (χ0v) is 22.4. The quantitative estimate of drug-likeness (QED) is 0.394. The van der Waals surface area contributed by atoms with E-state index in [1.54, 1.807) is 31.4 Å². The lowest BCUT2D eigenvalue weighted by Crippen LogP contribution is -2.28. The summed E-state index contributed by atoms with van der Waals surface area (Å²) in [6.07, 6.45) is 0. The number of nitrogens with zero attached hydrogens (tertiary/aromatic N) is 1. The fourth-order valence-corrected chi connectivity index (χ4v) is 5.22. The molecule has 0 aromatic heterocycles. The second-order valence-electron chi connectivity index (χ2n) is 8.77. The van der Waals surface area contributed by atoms with Crippen LogP contribution in [0.2, 0.25) is 5.02 Å². The highest BCUT2D eigenvalue weighted by Crippen LogP contribution is 2.32. The van der Waals surface area contributed by atoms with Gasteiger partial charge >= 0.3 is 0 Å². The molecule has 0 unspecified atom stereocenters. The molecule has 0 aliphatic carbocycles. The number of carbonyl (C=O) groups is 1. The molecule has 0 spiro atoms. The van der Waals surface area contributed by atoms with E-state index in [9.17, 15) is 13.2 Å². The van der Waals surface area contributed by atoms with Gasteiger partial charge in [0, 0.05) is 17.6 Å². The van der Waals surface area contributed by atoms with Gasteiger partial charge in [-0.2, -0.15) is 0 Å². The molecule has 0 fully saturated rings. The van der Waals surface area contributed by atoms with Crippen LogP contribution < -0.4 is 14.4 Å². The lowest BCUT2D eigenvalue weighted by atomic mass is 9.93. The molecule has 0 saturated carbocycles. The fraction of sp³-hybridized carbons (Fsp3) is 0.296. The number of rotatable bonds is 8. The summed E-state index contributed by atoms with van der Waals surface area (Å²) in [5.41, 5.74) is 4.02. The molecular formula is C27H31ClN2O4S. The number of amides is 1. The van der Waals surface area contributed by atoms with Crippen LogP contribution in [0.5, 0.6) is 5.75 Å². The zero-order valence-electron chi connectivity index (χ0n) is 20.8. The van der Waals surface area contributed by atoms with Crippen molar-refractivity contribution < 1.29 is 17.9 Å². The summed E-state index contributed by atoms with van der Waals surface area (Å²) in [6.45, 7) is 8.14. The number of methoxy groups -OCH3 is 1. The maximum atomic E-state index is 12.9. The Kier molecular flexibility index (Phi) is 8.13. The van der Waals surface area contributed by atoms with Gasteiger partial charge in [0.15, 0.2) is 0 Å². The molecule has 3 rings (SSSR count). The van der Waals surface area contributed by atoms with Crippen LogP contribution in [0.25, 0.3) is 0 Å². The predicted molar refractivity (Wildman–Crippen MR) is 141 cm³/mol. The van der Waals surface area contributed by atoms with E-state index in [-0.39, 0.29) is 22.8 Å². The van der Waals surface area contributed by atoms with Crippen LogP contribution in [0.1, 0.15) is 59.8 Å². The van der Waals surface area contributed by atoms with Gasteiger partial charge in [-0.3, -0.25) is 9.10 Å². The first-order chi connectivity index (χ1) is 16.4. The van der Waals surface area contributed by atoms with E-state index in [1.807, 2.05) is 19.9 Å². The minimum atomic E-state index is -3.75. The number of carbonyl (C=O) groups excluding carboxylic acids is 1. The van der Waals surface area contributed by atoms with Crippen molar-refractivity contribution in [2.24, 2.45) is 0 Å². The third-order valence-electron chi connectivity index (χ3n) is 6.02. The third kappa shape index (κ3) is 5.80. The first-order valence-electron chi connectivity index (χ1n) is 11.3. The van der Waals surface area contributed by atoms with Crippen molar-refractivity contribution in [1.82, 2.24) is 5.32 Å². The Balaban J connectivity index is 1.77. The Bertz CT molecular complexity index is 1300. The number of ether oxygens (including phenoxy) is 1. The van der Waals surface area contributed by atoms with Crippen LogP contribution in [0.3, 0.4) is 0 Å². The van der Waals surface area contributed by atoms with E-state index in [4.69, 9.17) is 16.3 Å². The van der Waals surface area contributed by atoms with Crippen molar-refractivity contribution in [3.8, 4) is 5.75 Å². The van der Waals surface area contributed by atoms with Gasteiger partial charge in [-0.25, -0.2) is 8.42 Å². The van der Waals surface area contributed by atoms with Crippen molar-refractivity contribution in [3.63, 3.8) is 0 Å². The second kappa shape index (κ2) is 10.7. The highest BCUT2D eigenvalue weighted by Gasteiger charge is 2.22. The molecule has 1 atom stereocenters. The van der Waals surface area contributed by atoms with E-state index in [2.05, 4.69) is 25.2 Å². The predicted octanol–water partition coefficient (Wildman–Crippen LogP) is 6.10. The Hall–Kier alpha value is -3.03. The number of halogens is 1. The lowest BCUT2D eigenvalue weighted by molar-refractivity contribution is 0.0940. The first-order valence-corrected chi connectivity index (χ1v) is 13.1. The third-order valence-corrected chi connectivity index (χ3v) is 8.07. The van der Waals surface area contributed by atoms with Crippen molar-refractivity contribution in [2.75, 3.05) is 18.5 Å². The number of hydrogen-bond donors (Lipinski definition) is 1. The maximum Gasteiger partial charge on any atom is 0.264 e. The van der Waals surface area contributed by atoms with Crippen LogP contribution in [0, 0.1) is 6.92 Å². The van der Waals surface area contributed by atoms with Crippen molar-refractivity contribution in [3.05, 3.63) is 87.9 Å². The smallest absolute Gasteiger partial charge is 0.264 e. The van der Waals surface area contributed by atoms with Gasteiger partial charge in [0.05, 0.1) is 23.7 Å². The largest absolute Gasteiger partial charge is 0.496 e. The average Bonchev–Trinajstić information content (AvgIpc) is 2.83. The van der Waals surface area contributed by atoms with Gasteiger partial charge in [0.25, 0.3) is 15.9 Å². The standard InChI is InChI=1S/C27H31ClN2O4S/c1-17(2)24-16-25(18(3)15-26(24)34-6)19(4)29-27(31)20-7-11-22(12-8-20)30(5)35(32,33)23-13-9-21(28)10-14-23/h7-17,19H,1-6H3,(H,29,31)/t19-/m1/s1. The number of hydrogen-bond acceptors (Lipinski definition) is 4. The number of aryl methyl sites for hydroxylation is 1. The molecule has 35 heavy (non-hydrogen) atoms. The van der Waals surface area contributed by atoms with E-state index in [0.717, 1.165) is 22.4 Å². The normalized spacial score (nSPS) is 12.3. The van der Waals surface area contributed by atoms with Gasteiger partial charge in [0.1, 0.15) is 5.75 Å². The number of nitrogens with one attached hydrogen (secondary N) is 1. The number of benzene rings is 3. The van der Waals surface area contributed by atoms with Crippen LogP contribution in [0.4, 0.5) is 5.69 Å². The van der Waals surface area contributed by atoms with Gasteiger partial charge in [-0.05, 0) is 97.1 Å². The summed E-state index contributed by atoms with van der Waals surface area (Å²) in [5, 5.41) is 3.50. The SMILES string of the molecule is COc1cc(C)c([C@@H](C)NC(=O)c2ccc(N(C)S(=O)(=O)c3ccc(Cl)cc3)cc2)cc1C(C)C. The molecular weight excluding hydrogens is 484 g/mol. The molecule has 0 aliphatic rings. The van der Waals surface area contributed by atoms with Gasteiger partial charge < -0.3 is 10.1 Å². The lowest BCUT2D eigenvalue weighted by Gasteiger charge is -2.22. The minimum absolute atomic E-state index is 0.135. The summed E-state index contributed by atoms with van der Waals surface area (Å²) in [7, 11) is -0.623. The molecule has 3 aromatic rings. The summed E-state index contributed by atoms with van der Waals surface area (Å²) in [5.74, 6) is 0.877. The van der Waals surface area contributed by atoms with Crippen molar-refractivity contribution >= 4 is 33.2 Å². The molecule has 6 nitrogen and oxygen atoms in total. The highest BCUT2D eigenvalue weighted by atomic mass is 35.5. The Morgan fingerprint density at radius 2 is 1.57 bits per heavy atom. The Morgan fingerprint density at radius 1 is 0.971 bits per heavy atom. The minimum Gasteiger partial charge on any atom is -0.496 e. The van der Waals surface area contributed by atoms with E-state index < -0.39 is 10.0 Å². The number of sulfonamides is 1. The molecule has 0 saturated heterocycles. The Labute approximate surface area is 212 Å². The fourth-order valence-electron chi connectivity index (χ4n) is 3.89. The topological polar surface area (TPSA) is 75.7 Å². The highest BCUT2D eigenvalue weighted by molar-refractivity contribution is 7.92. The van der Waals surface area contributed by atoms with Crippen molar-refractivity contribution in [2.45, 2.75) is 44.6 Å². The van der Waals surface area contributed by atoms with E-state index in [0.29, 0.717) is 16.3 Å². The van der Waals surface area contributed by atoms with E-state index in [1.165, 1.54) is 35.6 Å². The van der Waals surface area contributed by atoms with Crippen LogP contribution in [-0.4, -0.2) is 28.5 Å². The summed E-state index contributed by atoms with van der Waals surface area (Å²) in [4.78, 5) is 13.1. The average molecular weight is 515 g/mol. The number of anilines is 1. The van der Waals surface area contributed by atoms with Crippen LogP contribution >= 0.6 is 11.6 Å². The first kappa shape index (κ1) is 26.6. The molecule has 1 N–H and O–H groups in total. The molecule has 0 aliphatic heterocycles. The van der Waals surface area contributed by atoms with Crippen molar-refractivity contribution in [1.29, 1.82) is 0 Å². The molecule has 0 bridgehead atoms. The monoisotopic (exact) mass is 514 g/mol. The molecule has 1 amide bonds. The van der Waals surface area contributed by atoms with E-state index >= 15 is 0 Å². The van der Waals surface area contributed by atoms with Crippen LogP contribution in [-0.2, 0) is 10.0 Å². The van der Waals surface area contributed by atoms with Gasteiger partial charge in [-0.15, -0.1) is 0 Å². The second-order valence-corrected chi connectivity index (χ2v) is 11.2. The van der Waals surface area contributed by atoms with Crippen LogP contribution in [0.15, 0.2) is 65.6 Å².